The van der Waals surface area contributed by atoms with Crippen LogP contribution in [0.2, 0.25) is 0 Å². The zero-order chi connectivity index (χ0) is 22.2. The van der Waals surface area contributed by atoms with Gasteiger partial charge in [0.25, 0.3) is 5.91 Å². The number of hydrogen-bond acceptors (Lipinski definition) is 6. The molecule has 2 aliphatic rings. The summed E-state index contributed by atoms with van der Waals surface area (Å²) in [5.41, 5.74) is 2.94. The highest BCUT2D eigenvalue weighted by Crippen LogP contribution is 2.41. The van der Waals surface area contributed by atoms with E-state index in [2.05, 4.69) is 10.1 Å². The van der Waals surface area contributed by atoms with Crippen molar-refractivity contribution in [2.24, 2.45) is 5.92 Å². The lowest BCUT2D eigenvalue weighted by molar-refractivity contribution is -0.149. The lowest BCUT2D eigenvalue weighted by Crippen LogP contribution is -2.43. The van der Waals surface area contributed by atoms with Crippen molar-refractivity contribution in [1.82, 2.24) is 24.6 Å². The molecule has 1 saturated heterocycles. The maximum Gasteiger partial charge on any atom is 0.310 e. The van der Waals surface area contributed by atoms with Crippen molar-refractivity contribution in [3.05, 3.63) is 47.4 Å². The Morgan fingerprint density at radius 3 is 2.78 bits per heavy atom. The Hall–Kier alpha value is -3.29. The molecule has 4 heterocycles. The van der Waals surface area contributed by atoms with Crippen LogP contribution in [-0.4, -0.2) is 56.2 Å². The number of amides is 1. The van der Waals surface area contributed by atoms with Crippen LogP contribution in [0, 0.1) is 12.8 Å². The number of aryl methyl sites for hydroxylation is 1. The van der Waals surface area contributed by atoms with Gasteiger partial charge in [-0.1, -0.05) is 6.07 Å². The highest BCUT2D eigenvalue weighted by Gasteiger charge is 2.33. The van der Waals surface area contributed by atoms with Crippen LogP contribution in [0.4, 0.5) is 0 Å². The number of esters is 1. The maximum atomic E-state index is 13.7. The summed E-state index contributed by atoms with van der Waals surface area (Å²) in [6, 6.07) is 7.59. The molecule has 0 aromatic carbocycles. The van der Waals surface area contributed by atoms with Crippen molar-refractivity contribution in [2.75, 3.05) is 19.7 Å². The molecule has 3 aromatic rings. The van der Waals surface area contributed by atoms with Crippen molar-refractivity contribution in [1.29, 1.82) is 0 Å². The third-order valence-electron chi connectivity index (χ3n) is 6.25. The van der Waals surface area contributed by atoms with Gasteiger partial charge in [-0.15, -0.1) is 0 Å². The Balaban J connectivity index is 1.57. The molecule has 1 aliphatic carbocycles. The summed E-state index contributed by atoms with van der Waals surface area (Å²) >= 11 is 0. The lowest BCUT2D eigenvalue weighted by Gasteiger charge is -2.31. The first-order valence-corrected chi connectivity index (χ1v) is 11.3. The van der Waals surface area contributed by atoms with Crippen molar-refractivity contribution >= 4 is 22.9 Å². The van der Waals surface area contributed by atoms with E-state index in [0.717, 1.165) is 42.5 Å². The zero-order valence-electron chi connectivity index (χ0n) is 18.5. The lowest BCUT2D eigenvalue weighted by atomic mass is 9.97. The van der Waals surface area contributed by atoms with Gasteiger partial charge in [0.05, 0.1) is 29.2 Å². The van der Waals surface area contributed by atoms with E-state index < -0.39 is 0 Å². The molecule has 1 atom stereocenters. The SMILES string of the molecule is CCOC(=O)C1CCCN(C(=O)c2cc(C3CC3)nc3c2c(C)nn3-c2ccccn2)C1. The maximum absolute atomic E-state index is 13.7. The predicted octanol–water partition coefficient (Wildman–Crippen LogP) is 3.42. The van der Waals surface area contributed by atoms with Crippen LogP contribution in [0.1, 0.15) is 60.3 Å². The average Bonchev–Trinajstić information content (AvgIpc) is 3.62. The molecule has 8 heteroatoms. The van der Waals surface area contributed by atoms with Gasteiger partial charge < -0.3 is 9.64 Å². The number of carbonyl (C=O) groups is 2. The Kier molecular flexibility index (Phi) is 5.36. The third kappa shape index (κ3) is 3.74. The second-order valence-corrected chi connectivity index (χ2v) is 8.60. The van der Waals surface area contributed by atoms with Crippen LogP contribution in [0.3, 0.4) is 0 Å². The Bertz CT molecular complexity index is 1170. The molecule has 1 saturated carbocycles. The molecular weight excluding hydrogens is 406 g/mol. The van der Waals surface area contributed by atoms with Gasteiger partial charge in [-0.3, -0.25) is 9.59 Å². The monoisotopic (exact) mass is 433 g/mol. The molecule has 0 spiro atoms. The average molecular weight is 434 g/mol. The van der Waals surface area contributed by atoms with Crippen molar-refractivity contribution in [3.63, 3.8) is 0 Å². The molecule has 2 fully saturated rings. The summed E-state index contributed by atoms with van der Waals surface area (Å²) in [6.07, 6.45) is 5.41. The van der Waals surface area contributed by atoms with Gasteiger partial charge in [-0.25, -0.2) is 9.97 Å². The topological polar surface area (TPSA) is 90.2 Å². The molecular formula is C24H27N5O3. The van der Waals surface area contributed by atoms with E-state index >= 15 is 0 Å². The minimum absolute atomic E-state index is 0.0723. The van der Waals surface area contributed by atoms with E-state index in [-0.39, 0.29) is 17.8 Å². The van der Waals surface area contributed by atoms with Gasteiger partial charge in [-0.05, 0) is 57.7 Å². The summed E-state index contributed by atoms with van der Waals surface area (Å²) < 4.78 is 6.94. The second-order valence-electron chi connectivity index (χ2n) is 8.60. The van der Waals surface area contributed by atoms with Crippen molar-refractivity contribution in [3.8, 4) is 5.82 Å². The quantitative estimate of drug-likeness (QED) is 0.573. The first-order valence-electron chi connectivity index (χ1n) is 11.3. The van der Waals surface area contributed by atoms with Gasteiger partial charge in [-0.2, -0.15) is 9.78 Å². The predicted molar refractivity (Wildman–Crippen MR) is 119 cm³/mol. The third-order valence-corrected chi connectivity index (χ3v) is 6.25. The van der Waals surface area contributed by atoms with Crippen LogP contribution in [0.5, 0.6) is 0 Å². The van der Waals surface area contributed by atoms with Crippen LogP contribution in [0.25, 0.3) is 16.9 Å². The molecule has 32 heavy (non-hydrogen) atoms. The number of piperidine rings is 1. The van der Waals surface area contributed by atoms with Gasteiger partial charge >= 0.3 is 5.97 Å². The molecule has 0 N–H and O–H groups in total. The number of carbonyl (C=O) groups excluding carboxylic acids is 2. The van der Waals surface area contributed by atoms with Crippen LogP contribution in [0.15, 0.2) is 30.5 Å². The molecule has 166 valence electrons. The van der Waals surface area contributed by atoms with E-state index in [1.165, 1.54) is 0 Å². The first-order chi connectivity index (χ1) is 15.6. The van der Waals surface area contributed by atoms with Crippen molar-refractivity contribution in [2.45, 2.75) is 45.4 Å². The number of ether oxygens (including phenoxy) is 1. The number of rotatable bonds is 5. The summed E-state index contributed by atoms with van der Waals surface area (Å²) in [5.74, 6) is 0.488. The normalized spacial score (nSPS) is 18.7. The summed E-state index contributed by atoms with van der Waals surface area (Å²) in [7, 11) is 0. The molecule has 8 nitrogen and oxygen atoms in total. The van der Waals surface area contributed by atoms with E-state index in [9.17, 15) is 9.59 Å². The fourth-order valence-electron chi connectivity index (χ4n) is 4.49. The van der Waals surface area contributed by atoms with E-state index in [0.29, 0.717) is 42.6 Å². The summed E-state index contributed by atoms with van der Waals surface area (Å²) in [4.78, 5) is 37.1. The number of aromatic nitrogens is 4. The van der Waals surface area contributed by atoms with Gasteiger partial charge in [0.1, 0.15) is 0 Å². The Labute approximate surface area is 186 Å². The van der Waals surface area contributed by atoms with Crippen LogP contribution >= 0.6 is 0 Å². The zero-order valence-corrected chi connectivity index (χ0v) is 18.5. The van der Waals surface area contributed by atoms with Crippen LogP contribution < -0.4 is 0 Å². The fraction of sp³-hybridized carbons (Fsp3) is 0.458. The first kappa shape index (κ1) is 20.6. The Morgan fingerprint density at radius 2 is 2.06 bits per heavy atom. The highest BCUT2D eigenvalue weighted by molar-refractivity contribution is 6.07. The molecule has 5 rings (SSSR count). The largest absolute Gasteiger partial charge is 0.466 e. The van der Waals surface area contributed by atoms with Gasteiger partial charge in [0.2, 0.25) is 0 Å². The standard InChI is InChI=1S/C24H27N5O3/c1-3-32-24(31)17-7-6-12-28(14-17)23(30)18-13-19(16-9-10-16)26-22-21(18)15(2)27-29(22)20-8-4-5-11-25-20/h4-5,8,11,13,16-17H,3,6-7,9-10,12,14H2,1-2H3. The summed E-state index contributed by atoms with van der Waals surface area (Å²) in [5, 5.41) is 5.44. The van der Waals surface area contributed by atoms with E-state index in [1.54, 1.807) is 22.7 Å². The molecule has 0 bridgehead atoms. The van der Waals surface area contributed by atoms with E-state index in [4.69, 9.17) is 9.72 Å². The second kappa shape index (κ2) is 8.33. The minimum Gasteiger partial charge on any atom is -0.466 e. The highest BCUT2D eigenvalue weighted by atomic mass is 16.5. The molecule has 1 amide bonds. The number of pyridine rings is 2. The molecule has 0 radical (unpaired) electrons. The molecule has 1 unspecified atom stereocenters. The van der Waals surface area contributed by atoms with Gasteiger partial charge in [0.15, 0.2) is 11.5 Å². The van der Waals surface area contributed by atoms with Crippen LogP contribution in [-0.2, 0) is 9.53 Å². The smallest absolute Gasteiger partial charge is 0.310 e. The molecule has 1 aliphatic heterocycles. The number of fused-ring (bicyclic) bond motifs is 1. The molecule has 3 aromatic heterocycles. The minimum atomic E-state index is -0.273. The van der Waals surface area contributed by atoms with Crippen molar-refractivity contribution < 1.29 is 14.3 Å². The number of hydrogen-bond donors (Lipinski definition) is 0. The number of likely N-dealkylation sites (tertiary alicyclic amines) is 1. The Morgan fingerprint density at radius 1 is 1.22 bits per heavy atom. The summed E-state index contributed by atoms with van der Waals surface area (Å²) in [6.45, 7) is 5.07. The van der Waals surface area contributed by atoms with Gasteiger partial charge in [0, 0.05) is 30.9 Å². The number of nitrogens with zero attached hydrogens (tertiary/aromatic N) is 5. The van der Waals surface area contributed by atoms with E-state index in [1.807, 2.05) is 31.2 Å². The fourth-order valence-corrected chi connectivity index (χ4v) is 4.49.